The zero-order chi connectivity index (χ0) is 30.0. The Balaban J connectivity index is 2.16. The highest BCUT2D eigenvalue weighted by atomic mass is 16.7. The Morgan fingerprint density at radius 1 is 0.692 bits per heavy atom. The summed E-state index contributed by atoms with van der Waals surface area (Å²) in [6, 6.07) is 0. The largest absolute Gasteiger partial charge is 0.462 e. The van der Waals surface area contributed by atoms with Crippen LogP contribution in [0.1, 0.15) is 107 Å². The van der Waals surface area contributed by atoms with Crippen molar-refractivity contribution in [2.24, 2.45) is 17.4 Å². The predicted molar refractivity (Wildman–Crippen MR) is 143 cm³/mol. The van der Waals surface area contributed by atoms with Gasteiger partial charge >= 0.3 is 24.1 Å². The van der Waals surface area contributed by atoms with Crippen LogP contribution in [0.3, 0.4) is 0 Å². The molecule has 0 radical (unpaired) electrons. The molecule has 2 saturated heterocycles. The lowest BCUT2D eigenvalue weighted by atomic mass is 9.80. The third-order valence-electron chi connectivity index (χ3n) is 7.45. The fourth-order valence-corrected chi connectivity index (χ4v) is 6.42. The van der Waals surface area contributed by atoms with E-state index >= 15 is 0 Å². The highest BCUT2D eigenvalue weighted by Gasteiger charge is 2.51. The topological polar surface area (TPSA) is 164 Å². The first-order valence-corrected chi connectivity index (χ1v) is 13.7. The van der Waals surface area contributed by atoms with Crippen molar-refractivity contribution in [2.45, 2.75) is 142 Å². The van der Waals surface area contributed by atoms with E-state index in [1.807, 2.05) is 62.3 Å². The van der Waals surface area contributed by atoms with Gasteiger partial charge in [0, 0.05) is 25.7 Å². The number of nitrogens with zero attached hydrogens (tertiary/aromatic N) is 2. The maximum Gasteiger partial charge on any atom is 0.423 e. The van der Waals surface area contributed by atoms with Gasteiger partial charge in [-0.2, -0.15) is 0 Å². The first-order chi connectivity index (χ1) is 17.7. The maximum absolute atomic E-state index is 13.4. The first-order valence-electron chi connectivity index (χ1n) is 13.7. The average molecular weight is 557 g/mol. The number of hydrogen-bond acceptors (Lipinski definition) is 10. The minimum atomic E-state index is -1.07. The number of hydrogen-bond donors (Lipinski definition) is 2. The number of carbonyl (C=O) groups is 4. The van der Waals surface area contributed by atoms with Crippen molar-refractivity contribution in [3.05, 3.63) is 0 Å². The molecule has 0 aliphatic carbocycles. The van der Waals surface area contributed by atoms with E-state index < -0.39 is 64.4 Å². The standard InChI is InChI=1S/C27H48N4O8/c1-10-11-12-19(20(32)36-17-13-24(2,3)30(38-22(28)34)25(4,5)14-17)21(33)37-18-15-26(6,7)31(39-23(29)35)27(8,9)16-18/h17-19H,10-16H2,1-9H3,(H2,28,34)(H2,29,35). The number of piperidine rings is 2. The maximum atomic E-state index is 13.4. The van der Waals surface area contributed by atoms with Gasteiger partial charge in [-0.25, -0.2) is 9.59 Å². The van der Waals surface area contributed by atoms with Crippen molar-refractivity contribution in [3.8, 4) is 0 Å². The first kappa shape index (κ1) is 32.6. The molecule has 2 heterocycles. The molecule has 224 valence electrons. The van der Waals surface area contributed by atoms with Gasteiger partial charge in [-0.3, -0.25) is 9.59 Å². The number of rotatable bonds is 9. The molecule has 12 nitrogen and oxygen atoms in total. The van der Waals surface area contributed by atoms with Crippen LogP contribution in [-0.2, 0) is 28.7 Å². The van der Waals surface area contributed by atoms with Crippen molar-refractivity contribution in [1.82, 2.24) is 10.1 Å². The Labute approximate surface area is 231 Å². The summed E-state index contributed by atoms with van der Waals surface area (Å²) in [4.78, 5) is 60.3. The van der Waals surface area contributed by atoms with E-state index in [4.69, 9.17) is 30.6 Å². The molecule has 2 aliphatic heterocycles. The Morgan fingerprint density at radius 3 is 1.26 bits per heavy atom. The second-order valence-corrected chi connectivity index (χ2v) is 13.3. The monoisotopic (exact) mass is 556 g/mol. The fraction of sp³-hybridized carbons (Fsp3) is 0.852. The second kappa shape index (κ2) is 11.9. The molecule has 0 aromatic carbocycles. The van der Waals surface area contributed by atoms with Crippen molar-refractivity contribution in [2.75, 3.05) is 0 Å². The van der Waals surface area contributed by atoms with Gasteiger partial charge in [0.15, 0.2) is 5.92 Å². The van der Waals surface area contributed by atoms with Crippen LogP contribution in [0.15, 0.2) is 0 Å². The molecule has 0 aromatic rings. The average Bonchev–Trinajstić information content (AvgIpc) is 2.72. The number of hydroxylamine groups is 4. The summed E-state index contributed by atoms with van der Waals surface area (Å²) in [5.74, 6) is -2.31. The molecular formula is C27H48N4O8. The zero-order valence-corrected chi connectivity index (χ0v) is 25.0. The molecular weight excluding hydrogens is 508 g/mol. The van der Waals surface area contributed by atoms with Crippen LogP contribution in [0.4, 0.5) is 9.59 Å². The van der Waals surface area contributed by atoms with Crippen LogP contribution >= 0.6 is 0 Å². The van der Waals surface area contributed by atoms with E-state index in [0.717, 1.165) is 6.42 Å². The number of amides is 2. The van der Waals surface area contributed by atoms with E-state index in [-0.39, 0.29) is 0 Å². The van der Waals surface area contributed by atoms with Gasteiger partial charge in [0.1, 0.15) is 12.2 Å². The van der Waals surface area contributed by atoms with Crippen LogP contribution in [0, 0.1) is 5.92 Å². The Bertz CT molecular complexity index is 827. The minimum Gasteiger partial charge on any atom is -0.462 e. The lowest BCUT2D eigenvalue weighted by molar-refractivity contribution is -0.257. The molecule has 39 heavy (non-hydrogen) atoms. The van der Waals surface area contributed by atoms with Crippen LogP contribution in [0.25, 0.3) is 0 Å². The lowest BCUT2D eigenvalue weighted by Gasteiger charge is -2.52. The van der Waals surface area contributed by atoms with Crippen LogP contribution in [0.2, 0.25) is 0 Å². The number of primary amides is 2. The molecule has 4 N–H and O–H groups in total. The third kappa shape index (κ3) is 8.20. The molecule has 2 amide bonds. The summed E-state index contributed by atoms with van der Waals surface area (Å²) >= 11 is 0. The van der Waals surface area contributed by atoms with Crippen LogP contribution < -0.4 is 11.5 Å². The summed E-state index contributed by atoms with van der Waals surface area (Å²) in [6.45, 7) is 17.0. The summed E-state index contributed by atoms with van der Waals surface area (Å²) in [7, 11) is 0. The number of ether oxygens (including phenoxy) is 2. The number of esters is 2. The molecule has 0 aromatic heterocycles. The number of carbonyl (C=O) groups excluding carboxylic acids is 4. The van der Waals surface area contributed by atoms with Gasteiger partial charge in [-0.15, -0.1) is 10.1 Å². The third-order valence-corrected chi connectivity index (χ3v) is 7.45. The van der Waals surface area contributed by atoms with Gasteiger partial charge in [0.25, 0.3) is 0 Å². The number of unbranched alkanes of at least 4 members (excludes halogenated alkanes) is 1. The summed E-state index contributed by atoms with van der Waals surface area (Å²) in [5, 5.41) is 3.10. The van der Waals surface area contributed by atoms with E-state index in [1.165, 1.54) is 0 Å². The molecule has 0 spiro atoms. The Hall–Kier alpha value is -2.60. The highest BCUT2D eigenvalue weighted by Crippen LogP contribution is 2.41. The molecule has 0 bridgehead atoms. The Kier molecular flexibility index (Phi) is 9.93. The molecule has 0 atom stereocenters. The normalized spacial score (nSPS) is 23.1. The highest BCUT2D eigenvalue weighted by molar-refractivity contribution is 5.95. The summed E-state index contributed by atoms with van der Waals surface area (Å²) < 4.78 is 11.8. The van der Waals surface area contributed by atoms with Gasteiger partial charge in [0.05, 0.1) is 22.2 Å². The van der Waals surface area contributed by atoms with Crippen LogP contribution in [0.5, 0.6) is 0 Å². The van der Waals surface area contributed by atoms with Crippen LogP contribution in [-0.4, -0.2) is 68.6 Å². The smallest absolute Gasteiger partial charge is 0.423 e. The van der Waals surface area contributed by atoms with E-state index in [0.29, 0.717) is 38.5 Å². The SMILES string of the molecule is CCCCC(C(=O)OC1CC(C)(C)N(OC(N)=O)C(C)(C)C1)C(=O)OC1CC(C)(C)N(OC(N)=O)C(C)(C)C1. The van der Waals surface area contributed by atoms with E-state index in [9.17, 15) is 19.2 Å². The molecule has 0 saturated carbocycles. The van der Waals surface area contributed by atoms with Crippen molar-refractivity contribution in [3.63, 3.8) is 0 Å². The zero-order valence-electron chi connectivity index (χ0n) is 25.0. The van der Waals surface area contributed by atoms with Gasteiger partial charge < -0.3 is 30.6 Å². The minimum absolute atomic E-state index is 0.307. The number of nitrogens with two attached hydrogens (primary N) is 2. The van der Waals surface area contributed by atoms with Gasteiger partial charge in [0.2, 0.25) is 0 Å². The summed E-state index contributed by atoms with van der Waals surface area (Å²) in [6.07, 6.45) is 0.454. The predicted octanol–water partition coefficient (Wildman–Crippen LogP) is 3.94. The van der Waals surface area contributed by atoms with Crippen molar-refractivity contribution < 1.29 is 38.3 Å². The molecule has 2 aliphatic rings. The van der Waals surface area contributed by atoms with Gasteiger partial charge in [-0.05, 0) is 61.8 Å². The van der Waals surface area contributed by atoms with E-state index in [2.05, 4.69) is 0 Å². The Morgan fingerprint density at radius 2 is 1.00 bits per heavy atom. The molecule has 0 unspecified atom stereocenters. The van der Waals surface area contributed by atoms with E-state index in [1.54, 1.807) is 10.1 Å². The molecule has 12 heteroatoms. The van der Waals surface area contributed by atoms with Gasteiger partial charge in [-0.1, -0.05) is 19.8 Å². The molecule has 2 rings (SSSR count). The fourth-order valence-electron chi connectivity index (χ4n) is 6.42. The lowest BCUT2D eigenvalue weighted by Crippen LogP contribution is -2.63. The van der Waals surface area contributed by atoms with Crippen molar-refractivity contribution in [1.29, 1.82) is 0 Å². The van der Waals surface area contributed by atoms with Crippen molar-refractivity contribution >= 4 is 24.1 Å². The molecule has 2 fully saturated rings. The summed E-state index contributed by atoms with van der Waals surface area (Å²) in [5.41, 5.74) is 7.87. The quantitative estimate of drug-likeness (QED) is 0.314. The second-order valence-electron chi connectivity index (χ2n) is 13.3.